The van der Waals surface area contributed by atoms with Gasteiger partial charge in [-0.05, 0) is 55.0 Å². The normalized spacial score (nSPS) is 15.9. The standard InChI is InChI=1S/C26H20N4O3/c1-2-31-18-11-9-16(10-12-18)24-23(26-30-20-7-3-4-8-21(20)32-26)22(17-6-5-13-29-15-17)19(14-27)25(28)33-24/h3-13,15,22H,2,28H2,1H3/t22-/m0/s1. The monoisotopic (exact) mass is 436 g/mol. The van der Waals surface area contributed by atoms with Crippen LogP contribution in [0.25, 0.3) is 22.4 Å². The van der Waals surface area contributed by atoms with Crippen molar-refractivity contribution in [3.05, 3.63) is 102 Å². The van der Waals surface area contributed by atoms with Gasteiger partial charge in [0.15, 0.2) is 5.58 Å². The Hall–Kier alpha value is -4.57. The largest absolute Gasteiger partial charge is 0.494 e. The summed E-state index contributed by atoms with van der Waals surface area (Å²) in [7, 11) is 0. The molecule has 2 aromatic heterocycles. The SMILES string of the molecule is CCOc1ccc(C2=C(c3nc4ccccc4o3)[C@@H](c3cccnc3)C(C#N)=C(N)O2)cc1. The van der Waals surface area contributed by atoms with E-state index < -0.39 is 5.92 Å². The number of para-hydroxylation sites is 2. The van der Waals surface area contributed by atoms with E-state index in [0.29, 0.717) is 34.9 Å². The number of nitrogens with two attached hydrogens (primary N) is 1. The van der Waals surface area contributed by atoms with Crippen molar-refractivity contribution < 1.29 is 13.9 Å². The van der Waals surface area contributed by atoms with E-state index in [1.54, 1.807) is 12.4 Å². The molecule has 0 unspecified atom stereocenters. The average Bonchev–Trinajstić information content (AvgIpc) is 3.28. The first-order valence-electron chi connectivity index (χ1n) is 10.5. The Labute approximate surface area is 190 Å². The molecule has 1 atom stereocenters. The van der Waals surface area contributed by atoms with E-state index >= 15 is 0 Å². The number of pyridine rings is 1. The second kappa shape index (κ2) is 8.52. The van der Waals surface area contributed by atoms with Crippen molar-refractivity contribution in [3.63, 3.8) is 0 Å². The lowest BCUT2D eigenvalue weighted by Crippen LogP contribution is -2.20. The lowest BCUT2D eigenvalue weighted by atomic mass is 9.82. The summed E-state index contributed by atoms with van der Waals surface area (Å²) in [6.45, 7) is 2.50. The minimum absolute atomic E-state index is 0.0371. The summed E-state index contributed by atoms with van der Waals surface area (Å²) in [6, 6.07) is 20.9. The molecule has 0 fully saturated rings. The summed E-state index contributed by atoms with van der Waals surface area (Å²) in [6.07, 6.45) is 3.39. The molecule has 4 aromatic rings. The fourth-order valence-corrected chi connectivity index (χ4v) is 3.93. The molecule has 0 saturated carbocycles. The van der Waals surface area contributed by atoms with E-state index in [2.05, 4.69) is 11.1 Å². The number of oxazole rings is 1. The molecule has 7 heteroatoms. The van der Waals surface area contributed by atoms with Crippen LogP contribution in [0.1, 0.15) is 29.9 Å². The van der Waals surface area contributed by atoms with Gasteiger partial charge in [-0.1, -0.05) is 18.2 Å². The van der Waals surface area contributed by atoms with Crippen LogP contribution < -0.4 is 10.5 Å². The molecule has 3 heterocycles. The zero-order valence-electron chi connectivity index (χ0n) is 17.9. The van der Waals surface area contributed by atoms with E-state index in [-0.39, 0.29) is 11.5 Å². The molecule has 0 bridgehead atoms. The van der Waals surface area contributed by atoms with Gasteiger partial charge in [0.05, 0.1) is 18.1 Å². The van der Waals surface area contributed by atoms with Crippen molar-refractivity contribution in [2.75, 3.05) is 6.61 Å². The van der Waals surface area contributed by atoms with Gasteiger partial charge in [0.25, 0.3) is 0 Å². The van der Waals surface area contributed by atoms with E-state index in [4.69, 9.17) is 24.6 Å². The molecule has 0 aliphatic carbocycles. The fourth-order valence-electron chi connectivity index (χ4n) is 3.93. The number of rotatable bonds is 5. The Morgan fingerprint density at radius 1 is 1.09 bits per heavy atom. The Bertz CT molecular complexity index is 1380. The number of nitrogens with zero attached hydrogens (tertiary/aromatic N) is 3. The number of benzene rings is 2. The van der Waals surface area contributed by atoms with Crippen LogP contribution in [0.5, 0.6) is 5.75 Å². The predicted molar refractivity (Wildman–Crippen MR) is 123 cm³/mol. The third-order valence-corrected chi connectivity index (χ3v) is 5.39. The highest BCUT2D eigenvalue weighted by molar-refractivity contribution is 5.93. The van der Waals surface area contributed by atoms with Crippen molar-refractivity contribution in [3.8, 4) is 11.8 Å². The van der Waals surface area contributed by atoms with Crippen molar-refractivity contribution >= 4 is 22.4 Å². The maximum atomic E-state index is 9.97. The van der Waals surface area contributed by atoms with Crippen LogP contribution in [0.2, 0.25) is 0 Å². The molecule has 162 valence electrons. The van der Waals surface area contributed by atoms with Gasteiger partial charge in [-0.25, -0.2) is 4.98 Å². The number of aromatic nitrogens is 2. The van der Waals surface area contributed by atoms with Crippen molar-refractivity contribution in [2.45, 2.75) is 12.8 Å². The molecule has 1 aliphatic rings. The smallest absolute Gasteiger partial charge is 0.228 e. The first kappa shape index (κ1) is 20.3. The van der Waals surface area contributed by atoms with Gasteiger partial charge in [-0.15, -0.1) is 0 Å². The molecule has 0 amide bonds. The van der Waals surface area contributed by atoms with Gasteiger partial charge in [0.2, 0.25) is 11.8 Å². The highest BCUT2D eigenvalue weighted by atomic mass is 16.5. The summed E-state index contributed by atoms with van der Waals surface area (Å²) >= 11 is 0. The molecule has 1 aliphatic heterocycles. The van der Waals surface area contributed by atoms with Gasteiger partial charge in [0, 0.05) is 18.0 Å². The van der Waals surface area contributed by atoms with E-state index in [0.717, 1.165) is 16.9 Å². The lowest BCUT2D eigenvalue weighted by molar-refractivity contribution is 0.340. The minimum atomic E-state index is -0.563. The van der Waals surface area contributed by atoms with Gasteiger partial charge in [0.1, 0.15) is 28.7 Å². The van der Waals surface area contributed by atoms with Gasteiger partial charge in [-0.3, -0.25) is 4.98 Å². The van der Waals surface area contributed by atoms with Crippen LogP contribution in [0.15, 0.2) is 88.9 Å². The Balaban J connectivity index is 1.77. The van der Waals surface area contributed by atoms with Gasteiger partial charge in [-0.2, -0.15) is 5.26 Å². The quantitative estimate of drug-likeness (QED) is 0.469. The number of allylic oxidation sites excluding steroid dienone is 2. The van der Waals surface area contributed by atoms with Crippen LogP contribution in [0, 0.1) is 11.3 Å². The maximum Gasteiger partial charge on any atom is 0.228 e. The number of fused-ring (bicyclic) bond motifs is 1. The molecule has 33 heavy (non-hydrogen) atoms. The minimum Gasteiger partial charge on any atom is -0.494 e. The van der Waals surface area contributed by atoms with Crippen molar-refractivity contribution in [2.24, 2.45) is 5.73 Å². The van der Waals surface area contributed by atoms with E-state index in [1.165, 1.54) is 0 Å². The zero-order valence-corrected chi connectivity index (χ0v) is 17.9. The second-order valence-electron chi connectivity index (χ2n) is 7.40. The number of hydrogen-bond donors (Lipinski definition) is 1. The number of ether oxygens (including phenoxy) is 2. The predicted octanol–water partition coefficient (Wildman–Crippen LogP) is 5.00. The molecular weight excluding hydrogens is 416 g/mol. The number of hydrogen-bond acceptors (Lipinski definition) is 7. The molecule has 0 radical (unpaired) electrons. The van der Waals surface area contributed by atoms with Gasteiger partial charge >= 0.3 is 0 Å². The van der Waals surface area contributed by atoms with Crippen LogP contribution in [0.4, 0.5) is 0 Å². The Kier molecular flexibility index (Phi) is 5.25. The molecule has 0 saturated heterocycles. The Morgan fingerprint density at radius 2 is 1.91 bits per heavy atom. The summed E-state index contributed by atoms with van der Waals surface area (Å²) in [4.78, 5) is 8.96. The Morgan fingerprint density at radius 3 is 2.61 bits per heavy atom. The summed E-state index contributed by atoms with van der Waals surface area (Å²) in [5.41, 5.74) is 10.00. The molecule has 5 rings (SSSR count). The van der Waals surface area contributed by atoms with Crippen LogP contribution in [-0.2, 0) is 4.74 Å². The average molecular weight is 436 g/mol. The molecule has 0 spiro atoms. The fraction of sp³-hybridized carbons (Fsp3) is 0.115. The lowest BCUT2D eigenvalue weighted by Gasteiger charge is -2.27. The zero-order chi connectivity index (χ0) is 22.8. The third-order valence-electron chi connectivity index (χ3n) is 5.39. The van der Waals surface area contributed by atoms with E-state index in [1.807, 2.05) is 67.6 Å². The summed E-state index contributed by atoms with van der Waals surface area (Å²) in [5.74, 6) is 1.04. The first-order chi connectivity index (χ1) is 16.2. The summed E-state index contributed by atoms with van der Waals surface area (Å²) in [5, 5.41) is 9.97. The molecule has 2 aromatic carbocycles. The highest BCUT2D eigenvalue weighted by Crippen LogP contribution is 2.47. The van der Waals surface area contributed by atoms with Crippen LogP contribution in [0.3, 0.4) is 0 Å². The van der Waals surface area contributed by atoms with E-state index in [9.17, 15) is 5.26 Å². The first-order valence-corrected chi connectivity index (χ1v) is 10.5. The molecular formula is C26H20N4O3. The highest BCUT2D eigenvalue weighted by Gasteiger charge is 2.37. The summed E-state index contributed by atoms with van der Waals surface area (Å²) < 4.78 is 17.8. The topological polar surface area (TPSA) is 107 Å². The molecule has 7 nitrogen and oxygen atoms in total. The van der Waals surface area contributed by atoms with Crippen molar-refractivity contribution in [1.29, 1.82) is 5.26 Å². The van der Waals surface area contributed by atoms with Crippen LogP contribution >= 0.6 is 0 Å². The van der Waals surface area contributed by atoms with Gasteiger partial charge < -0.3 is 19.6 Å². The van der Waals surface area contributed by atoms with Crippen LogP contribution in [-0.4, -0.2) is 16.6 Å². The second-order valence-corrected chi connectivity index (χ2v) is 7.40. The number of nitriles is 1. The maximum absolute atomic E-state index is 9.97. The van der Waals surface area contributed by atoms with Crippen molar-refractivity contribution in [1.82, 2.24) is 9.97 Å². The molecule has 2 N–H and O–H groups in total. The third kappa shape index (κ3) is 3.68.